The lowest BCUT2D eigenvalue weighted by molar-refractivity contribution is 0.414. The van der Waals surface area contributed by atoms with Crippen molar-refractivity contribution in [3.8, 4) is 5.75 Å². The molecule has 1 aliphatic heterocycles. The van der Waals surface area contributed by atoms with Crippen LogP contribution in [0.25, 0.3) is 5.65 Å². The van der Waals surface area contributed by atoms with Gasteiger partial charge in [-0.3, -0.25) is 9.78 Å². The van der Waals surface area contributed by atoms with Crippen molar-refractivity contribution in [2.75, 3.05) is 23.9 Å². The van der Waals surface area contributed by atoms with Crippen molar-refractivity contribution in [2.45, 2.75) is 19.9 Å². The van der Waals surface area contributed by atoms with E-state index in [4.69, 9.17) is 4.74 Å². The summed E-state index contributed by atoms with van der Waals surface area (Å²) in [6.45, 7) is 3.26. The van der Waals surface area contributed by atoms with E-state index in [9.17, 15) is 9.18 Å². The Labute approximate surface area is 183 Å². The third kappa shape index (κ3) is 3.62. The number of anilines is 3. The molecular weight excluding hydrogens is 411 g/mol. The first-order valence-electron chi connectivity index (χ1n) is 10.2. The third-order valence-corrected chi connectivity index (χ3v) is 5.53. The molecule has 1 aliphatic rings. The van der Waals surface area contributed by atoms with E-state index in [2.05, 4.69) is 25.3 Å². The summed E-state index contributed by atoms with van der Waals surface area (Å²) >= 11 is 0. The maximum atomic E-state index is 14.2. The Morgan fingerprint density at radius 2 is 2.03 bits per heavy atom. The lowest BCUT2D eigenvalue weighted by Crippen LogP contribution is -2.33. The number of hydrogen-bond acceptors (Lipinski definition) is 7. The molecule has 1 aromatic carbocycles. The lowest BCUT2D eigenvalue weighted by Gasteiger charge is -2.30. The number of ether oxygens (including phenoxy) is 1. The maximum absolute atomic E-state index is 14.2. The van der Waals surface area contributed by atoms with Crippen molar-refractivity contribution in [2.24, 2.45) is 0 Å². The van der Waals surface area contributed by atoms with E-state index in [0.717, 1.165) is 35.6 Å². The topological polar surface area (TPSA) is 84.6 Å². The van der Waals surface area contributed by atoms with E-state index >= 15 is 0 Å². The van der Waals surface area contributed by atoms with Gasteiger partial charge in [-0.05, 0) is 42.3 Å². The van der Waals surface area contributed by atoms with Gasteiger partial charge in [-0.15, -0.1) is 5.10 Å². The molecule has 32 heavy (non-hydrogen) atoms. The van der Waals surface area contributed by atoms with Gasteiger partial charge in [-0.25, -0.2) is 9.37 Å². The van der Waals surface area contributed by atoms with E-state index in [1.807, 2.05) is 19.1 Å². The van der Waals surface area contributed by atoms with Crippen LogP contribution in [0.4, 0.5) is 21.6 Å². The number of pyridine rings is 1. The molecule has 0 saturated carbocycles. The highest BCUT2D eigenvalue weighted by Gasteiger charge is 2.21. The fourth-order valence-corrected chi connectivity index (χ4v) is 3.92. The molecule has 0 unspecified atom stereocenters. The minimum atomic E-state index is -0.375. The van der Waals surface area contributed by atoms with Gasteiger partial charge < -0.3 is 15.0 Å². The molecule has 0 radical (unpaired) electrons. The number of rotatable bonds is 4. The highest BCUT2D eigenvalue weighted by Crippen LogP contribution is 2.29. The summed E-state index contributed by atoms with van der Waals surface area (Å²) in [5.74, 6) is 0.921. The second-order valence-electron chi connectivity index (χ2n) is 7.68. The Hall–Kier alpha value is -4.01. The molecule has 0 amide bonds. The van der Waals surface area contributed by atoms with Crippen LogP contribution in [-0.2, 0) is 13.0 Å². The number of methoxy groups -OCH3 is 1. The van der Waals surface area contributed by atoms with Gasteiger partial charge in [0.25, 0.3) is 5.56 Å². The van der Waals surface area contributed by atoms with Gasteiger partial charge >= 0.3 is 0 Å². The Bertz CT molecular complexity index is 1390. The molecule has 4 heterocycles. The Kier molecular flexibility index (Phi) is 4.93. The molecule has 0 saturated heterocycles. The van der Waals surface area contributed by atoms with Crippen LogP contribution < -0.4 is 20.5 Å². The van der Waals surface area contributed by atoms with E-state index < -0.39 is 0 Å². The van der Waals surface area contributed by atoms with Gasteiger partial charge in [-0.1, -0.05) is 0 Å². The highest BCUT2D eigenvalue weighted by molar-refractivity contribution is 5.63. The van der Waals surface area contributed by atoms with E-state index in [0.29, 0.717) is 29.3 Å². The summed E-state index contributed by atoms with van der Waals surface area (Å²) in [4.78, 5) is 23.1. The largest absolute Gasteiger partial charge is 0.497 e. The van der Waals surface area contributed by atoms with Crippen LogP contribution in [0.1, 0.15) is 16.8 Å². The fourth-order valence-electron chi connectivity index (χ4n) is 3.92. The molecule has 162 valence electrons. The predicted octanol–water partition coefficient (Wildman–Crippen LogP) is 3.25. The summed E-state index contributed by atoms with van der Waals surface area (Å²) in [6.07, 6.45) is 3.93. The number of hydrogen-bond donors (Lipinski definition) is 1. The highest BCUT2D eigenvalue weighted by atomic mass is 19.1. The average molecular weight is 432 g/mol. The summed E-state index contributed by atoms with van der Waals surface area (Å²) in [6, 6.07) is 9.76. The van der Waals surface area contributed by atoms with Crippen molar-refractivity contribution in [3.63, 3.8) is 0 Å². The standard InChI is InChI=1S/C23H21FN6O2/c1-14-9-21-25-7-5-22(31)30(21)28-23(14)29-8-6-19-15(13-29)10-16(12-26-19)27-20-11-17(32-2)3-4-18(20)24/h3-5,7,9-12,27H,6,8,13H2,1-2H3. The molecule has 0 atom stereocenters. The molecule has 1 N–H and O–H groups in total. The van der Waals surface area contributed by atoms with Crippen molar-refractivity contribution in [1.82, 2.24) is 19.6 Å². The molecule has 0 fully saturated rings. The Morgan fingerprint density at radius 3 is 2.88 bits per heavy atom. The smallest absolute Gasteiger partial charge is 0.274 e. The van der Waals surface area contributed by atoms with Gasteiger partial charge in [0.15, 0.2) is 11.5 Å². The second-order valence-corrected chi connectivity index (χ2v) is 7.68. The molecule has 4 aromatic rings. The molecule has 9 heteroatoms. The monoisotopic (exact) mass is 432 g/mol. The first-order valence-corrected chi connectivity index (χ1v) is 10.2. The van der Waals surface area contributed by atoms with Crippen LogP contribution in [0, 0.1) is 12.7 Å². The number of aromatic nitrogens is 4. The van der Waals surface area contributed by atoms with E-state index in [1.165, 1.54) is 22.8 Å². The van der Waals surface area contributed by atoms with Gasteiger partial charge in [0.05, 0.1) is 24.7 Å². The van der Waals surface area contributed by atoms with Crippen molar-refractivity contribution >= 4 is 22.8 Å². The van der Waals surface area contributed by atoms with Gasteiger partial charge in [0.2, 0.25) is 0 Å². The zero-order valence-electron chi connectivity index (χ0n) is 17.7. The molecular formula is C23H21FN6O2. The normalized spacial score (nSPS) is 13.2. The fraction of sp³-hybridized carbons (Fsp3) is 0.217. The quantitative estimate of drug-likeness (QED) is 0.530. The summed E-state index contributed by atoms with van der Waals surface area (Å²) in [7, 11) is 1.54. The lowest BCUT2D eigenvalue weighted by atomic mass is 10.0. The Morgan fingerprint density at radius 1 is 1.16 bits per heavy atom. The first kappa shape index (κ1) is 19.9. The van der Waals surface area contributed by atoms with Gasteiger partial charge in [-0.2, -0.15) is 4.52 Å². The van der Waals surface area contributed by atoms with Gasteiger partial charge in [0.1, 0.15) is 11.6 Å². The minimum Gasteiger partial charge on any atom is -0.497 e. The molecule has 3 aromatic heterocycles. The van der Waals surface area contributed by atoms with Crippen LogP contribution >= 0.6 is 0 Å². The van der Waals surface area contributed by atoms with Crippen LogP contribution in [0.3, 0.4) is 0 Å². The third-order valence-electron chi connectivity index (χ3n) is 5.53. The van der Waals surface area contributed by atoms with Crippen molar-refractivity contribution < 1.29 is 9.13 Å². The predicted molar refractivity (Wildman–Crippen MR) is 119 cm³/mol. The summed E-state index contributed by atoms with van der Waals surface area (Å²) in [5.41, 5.74) is 4.25. The SMILES string of the molecule is COc1ccc(F)c(Nc2cnc3c(c2)CN(c2nn4c(=O)ccnc4cc2C)CC3)c1. The number of halogens is 1. The number of benzene rings is 1. The number of aryl methyl sites for hydroxylation is 1. The van der Waals surface area contributed by atoms with Crippen LogP contribution in [-0.4, -0.2) is 33.2 Å². The minimum absolute atomic E-state index is 0.220. The Balaban J connectivity index is 1.45. The molecule has 0 bridgehead atoms. The van der Waals surface area contributed by atoms with Crippen LogP contribution in [0.5, 0.6) is 5.75 Å². The molecule has 0 aliphatic carbocycles. The van der Waals surface area contributed by atoms with Crippen LogP contribution in [0.15, 0.2) is 53.6 Å². The average Bonchev–Trinajstić information content (AvgIpc) is 2.80. The van der Waals surface area contributed by atoms with Crippen molar-refractivity contribution in [1.29, 1.82) is 0 Å². The number of nitrogens with zero attached hydrogens (tertiary/aromatic N) is 5. The molecule has 8 nitrogen and oxygen atoms in total. The molecule has 5 rings (SSSR count). The number of fused-ring (bicyclic) bond motifs is 2. The molecule has 0 spiro atoms. The summed E-state index contributed by atoms with van der Waals surface area (Å²) in [5, 5.41) is 7.65. The second kappa shape index (κ2) is 7.92. The van der Waals surface area contributed by atoms with Crippen LogP contribution in [0.2, 0.25) is 0 Å². The van der Waals surface area contributed by atoms with Gasteiger partial charge in [0, 0.05) is 43.5 Å². The zero-order chi connectivity index (χ0) is 22.2. The van der Waals surface area contributed by atoms with E-state index in [1.54, 1.807) is 25.4 Å². The summed E-state index contributed by atoms with van der Waals surface area (Å²) < 4.78 is 20.7. The maximum Gasteiger partial charge on any atom is 0.274 e. The number of nitrogens with one attached hydrogen (secondary N) is 1. The van der Waals surface area contributed by atoms with E-state index in [-0.39, 0.29) is 11.4 Å². The zero-order valence-corrected chi connectivity index (χ0v) is 17.7. The first-order chi connectivity index (χ1) is 15.5. The van der Waals surface area contributed by atoms with Crippen molar-refractivity contribution in [3.05, 3.63) is 81.8 Å².